The predicted octanol–water partition coefficient (Wildman–Crippen LogP) is 1.40. The minimum absolute atomic E-state index is 0.0490. The summed E-state index contributed by atoms with van der Waals surface area (Å²) in [5.74, 6) is -0.155. The second-order valence-electron chi connectivity index (χ2n) is 4.49. The van der Waals surface area contributed by atoms with Crippen molar-refractivity contribution < 1.29 is 9.59 Å². The van der Waals surface area contributed by atoms with E-state index in [-0.39, 0.29) is 11.7 Å². The van der Waals surface area contributed by atoms with Gasteiger partial charge in [0.2, 0.25) is 5.91 Å². The zero-order chi connectivity index (χ0) is 12.3. The maximum Gasteiger partial charge on any atom is 0.225 e. The van der Waals surface area contributed by atoms with Gasteiger partial charge in [-0.2, -0.15) is 0 Å². The van der Waals surface area contributed by atoms with Crippen molar-refractivity contribution >= 4 is 23.0 Å². The van der Waals surface area contributed by atoms with Gasteiger partial charge < -0.3 is 5.32 Å². The highest BCUT2D eigenvalue weighted by Crippen LogP contribution is 2.14. The van der Waals surface area contributed by atoms with Gasteiger partial charge in [0, 0.05) is 12.3 Å². The lowest BCUT2D eigenvalue weighted by Gasteiger charge is -2.16. The van der Waals surface area contributed by atoms with Crippen LogP contribution in [-0.2, 0) is 11.3 Å². The maximum atomic E-state index is 11.6. The third kappa shape index (κ3) is 3.37. The zero-order valence-corrected chi connectivity index (χ0v) is 10.6. The highest BCUT2D eigenvalue weighted by Gasteiger charge is 2.21. The Morgan fingerprint density at radius 2 is 1.94 bits per heavy atom. The van der Waals surface area contributed by atoms with Gasteiger partial charge in [0.05, 0.1) is 6.54 Å². The van der Waals surface area contributed by atoms with Crippen molar-refractivity contribution in [1.82, 2.24) is 15.5 Å². The molecule has 0 atom stereocenters. The number of Topliss-reactive ketones (excluding diaryl/α,β-unsaturated/α-hetero) is 1. The molecule has 0 spiro atoms. The first-order chi connectivity index (χ1) is 7.30. The van der Waals surface area contributed by atoms with Crippen LogP contribution in [-0.4, -0.2) is 21.9 Å². The summed E-state index contributed by atoms with van der Waals surface area (Å²) < 4.78 is 0. The molecular formula is C10H15N3O2S. The van der Waals surface area contributed by atoms with Crippen molar-refractivity contribution in [2.75, 3.05) is 0 Å². The van der Waals surface area contributed by atoms with E-state index >= 15 is 0 Å². The third-order valence-electron chi connectivity index (χ3n) is 1.85. The highest BCUT2D eigenvalue weighted by atomic mass is 32.1. The molecule has 1 heterocycles. The van der Waals surface area contributed by atoms with Gasteiger partial charge in [-0.3, -0.25) is 9.59 Å². The molecule has 6 heteroatoms. The molecular weight excluding hydrogens is 226 g/mol. The Morgan fingerprint density at radius 3 is 2.38 bits per heavy atom. The van der Waals surface area contributed by atoms with Crippen molar-refractivity contribution in [1.29, 1.82) is 0 Å². The van der Waals surface area contributed by atoms with Gasteiger partial charge in [-0.15, -0.1) is 10.2 Å². The minimum Gasteiger partial charge on any atom is -0.349 e. The number of aromatic nitrogens is 2. The van der Waals surface area contributed by atoms with Gasteiger partial charge in [-0.05, 0) is 0 Å². The smallest absolute Gasteiger partial charge is 0.225 e. The molecule has 0 fully saturated rings. The Morgan fingerprint density at radius 1 is 1.31 bits per heavy atom. The molecule has 1 aromatic heterocycles. The molecule has 1 amide bonds. The molecule has 0 aromatic carbocycles. The molecule has 1 N–H and O–H groups in total. The first-order valence-corrected chi connectivity index (χ1v) is 5.74. The Hall–Kier alpha value is -1.30. The first-order valence-electron chi connectivity index (χ1n) is 4.92. The summed E-state index contributed by atoms with van der Waals surface area (Å²) >= 11 is 1.21. The van der Waals surface area contributed by atoms with Crippen LogP contribution in [0.2, 0.25) is 0 Å². The van der Waals surface area contributed by atoms with E-state index in [1.54, 1.807) is 0 Å². The van der Waals surface area contributed by atoms with Gasteiger partial charge in [0.15, 0.2) is 10.8 Å². The predicted molar refractivity (Wildman–Crippen MR) is 61.2 cm³/mol. The zero-order valence-electron chi connectivity index (χ0n) is 9.83. The maximum absolute atomic E-state index is 11.6. The topological polar surface area (TPSA) is 72.0 Å². The van der Waals surface area contributed by atoms with Gasteiger partial charge in [0.1, 0.15) is 5.01 Å². The molecule has 0 radical (unpaired) electrons. The van der Waals surface area contributed by atoms with E-state index in [2.05, 4.69) is 15.5 Å². The van der Waals surface area contributed by atoms with E-state index < -0.39 is 5.41 Å². The average Bonchev–Trinajstić information content (AvgIpc) is 2.60. The van der Waals surface area contributed by atoms with Crippen LogP contribution in [0.25, 0.3) is 0 Å². The molecule has 1 rings (SSSR count). The molecule has 0 aliphatic heterocycles. The fraction of sp³-hybridized carbons (Fsp3) is 0.600. The summed E-state index contributed by atoms with van der Waals surface area (Å²) in [5.41, 5.74) is -0.423. The lowest BCUT2D eigenvalue weighted by Crippen LogP contribution is -2.34. The number of nitrogens with zero attached hydrogens (tertiary/aromatic N) is 2. The Kier molecular flexibility index (Phi) is 3.74. The minimum atomic E-state index is -0.423. The van der Waals surface area contributed by atoms with Crippen molar-refractivity contribution in [2.24, 2.45) is 5.41 Å². The monoisotopic (exact) mass is 241 g/mol. The second kappa shape index (κ2) is 4.69. The number of rotatable bonds is 3. The first kappa shape index (κ1) is 12.8. The fourth-order valence-corrected chi connectivity index (χ4v) is 1.56. The lowest BCUT2D eigenvalue weighted by molar-refractivity contribution is -0.128. The van der Waals surface area contributed by atoms with Crippen molar-refractivity contribution in [3.05, 3.63) is 10.0 Å². The highest BCUT2D eigenvalue weighted by molar-refractivity contribution is 7.13. The summed E-state index contributed by atoms with van der Waals surface area (Å²) in [6.07, 6.45) is 0. The number of hydrogen-bond acceptors (Lipinski definition) is 5. The van der Waals surface area contributed by atoms with Gasteiger partial charge in [-0.1, -0.05) is 32.1 Å². The quantitative estimate of drug-likeness (QED) is 0.812. The molecule has 0 aliphatic rings. The SMILES string of the molecule is CC(=O)c1nnc(CNC(=O)C(C)(C)C)s1. The number of carbonyl (C=O) groups excluding carboxylic acids is 2. The number of carbonyl (C=O) groups is 2. The summed E-state index contributed by atoms with van der Waals surface area (Å²) in [6, 6.07) is 0. The molecule has 0 bridgehead atoms. The van der Waals surface area contributed by atoms with Gasteiger partial charge >= 0.3 is 0 Å². The number of ketones is 1. The molecule has 0 aliphatic carbocycles. The van der Waals surface area contributed by atoms with Crippen molar-refractivity contribution in [3.8, 4) is 0 Å². The molecule has 88 valence electrons. The fourth-order valence-electron chi connectivity index (χ4n) is 0.888. The van der Waals surface area contributed by atoms with Gasteiger partial charge in [-0.25, -0.2) is 0 Å². The van der Waals surface area contributed by atoms with Gasteiger partial charge in [0.25, 0.3) is 0 Å². The van der Waals surface area contributed by atoms with Crippen LogP contribution >= 0.6 is 11.3 Å². The number of amides is 1. The van der Waals surface area contributed by atoms with E-state index in [0.29, 0.717) is 16.6 Å². The summed E-state index contributed by atoms with van der Waals surface area (Å²) in [7, 11) is 0. The van der Waals surface area contributed by atoms with E-state index in [4.69, 9.17) is 0 Å². The average molecular weight is 241 g/mol. The van der Waals surface area contributed by atoms with Crippen LogP contribution in [0.5, 0.6) is 0 Å². The van der Waals surface area contributed by atoms with Crippen LogP contribution in [0.4, 0.5) is 0 Å². The van der Waals surface area contributed by atoms with Crippen molar-refractivity contribution in [2.45, 2.75) is 34.2 Å². The summed E-state index contributed by atoms with van der Waals surface area (Å²) in [5, 5.41) is 11.3. The van der Waals surface area contributed by atoms with E-state index in [0.717, 1.165) is 0 Å². The molecule has 5 nitrogen and oxygen atoms in total. The van der Waals surface area contributed by atoms with E-state index in [1.165, 1.54) is 18.3 Å². The largest absolute Gasteiger partial charge is 0.349 e. The number of hydrogen-bond donors (Lipinski definition) is 1. The van der Waals surface area contributed by atoms with Crippen LogP contribution in [0, 0.1) is 5.41 Å². The third-order valence-corrected chi connectivity index (χ3v) is 2.87. The molecule has 16 heavy (non-hydrogen) atoms. The Balaban J connectivity index is 2.55. The number of nitrogens with one attached hydrogen (secondary N) is 1. The molecule has 0 saturated heterocycles. The molecule has 1 aromatic rings. The lowest BCUT2D eigenvalue weighted by atomic mass is 9.96. The normalized spacial score (nSPS) is 11.2. The van der Waals surface area contributed by atoms with Crippen molar-refractivity contribution in [3.63, 3.8) is 0 Å². The summed E-state index contributed by atoms with van der Waals surface area (Å²) in [4.78, 5) is 22.5. The Labute approximate surface area is 98.3 Å². The molecule has 0 saturated carbocycles. The van der Waals surface area contributed by atoms with Crippen LogP contribution in [0.1, 0.15) is 42.5 Å². The Bertz CT molecular complexity index is 406. The van der Waals surface area contributed by atoms with Crippen LogP contribution in [0.3, 0.4) is 0 Å². The standard InChI is InChI=1S/C10H15N3O2S/c1-6(14)8-13-12-7(16-8)5-11-9(15)10(2,3)4/h5H2,1-4H3,(H,11,15). The van der Waals surface area contributed by atoms with Crippen LogP contribution < -0.4 is 5.32 Å². The van der Waals surface area contributed by atoms with E-state index in [1.807, 2.05) is 20.8 Å². The van der Waals surface area contributed by atoms with Crippen LogP contribution in [0.15, 0.2) is 0 Å². The second-order valence-corrected chi connectivity index (χ2v) is 5.55. The van der Waals surface area contributed by atoms with E-state index in [9.17, 15) is 9.59 Å². The summed E-state index contributed by atoms with van der Waals surface area (Å²) in [6.45, 7) is 7.27. The molecule has 0 unspecified atom stereocenters.